The van der Waals surface area contributed by atoms with Gasteiger partial charge in [-0.2, -0.15) is 18.3 Å². The van der Waals surface area contributed by atoms with E-state index in [0.717, 1.165) is 15.5 Å². The van der Waals surface area contributed by atoms with Gasteiger partial charge in [0.05, 0.1) is 30.6 Å². The van der Waals surface area contributed by atoms with Gasteiger partial charge in [0.2, 0.25) is 5.91 Å². The van der Waals surface area contributed by atoms with Crippen molar-refractivity contribution in [3.05, 3.63) is 27.4 Å². The minimum atomic E-state index is -4.62. The summed E-state index contributed by atoms with van der Waals surface area (Å²) in [6, 6.07) is -1.49. The molecule has 1 saturated heterocycles. The molecule has 1 aromatic rings. The average molecular weight is 468 g/mol. The fourth-order valence-corrected chi connectivity index (χ4v) is 4.51. The van der Waals surface area contributed by atoms with Gasteiger partial charge in [0.15, 0.2) is 5.67 Å². The lowest BCUT2D eigenvalue weighted by molar-refractivity contribution is -0.183. The molecule has 0 bridgehead atoms. The first kappa shape index (κ1) is 22.0. The number of hydrogen-bond acceptors (Lipinski definition) is 4. The normalized spacial score (nSPS) is 31.0. The van der Waals surface area contributed by atoms with Gasteiger partial charge in [0.25, 0.3) is 0 Å². The first-order valence-corrected chi connectivity index (χ1v) is 10.1. The van der Waals surface area contributed by atoms with Crippen LogP contribution in [-0.2, 0) is 17.8 Å². The molecular weight excluding hydrogens is 449 g/mol. The number of fused-ring (bicyclic) bond motifs is 1. The second kappa shape index (κ2) is 7.72. The first-order chi connectivity index (χ1) is 14.5. The van der Waals surface area contributed by atoms with Crippen LogP contribution in [0.15, 0.2) is 20.9 Å². The van der Waals surface area contributed by atoms with Gasteiger partial charge in [-0.1, -0.05) is 11.6 Å². The van der Waals surface area contributed by atoms with E-state index in [1.54, 1.807) is 0 Å². The predicted molar refractivity (Wildman–Crippen MR) is 101 cm³/mol. The van der Waals surface area contributed by atoms with Crippen LogP contribution in [0.4, 0.5) is 22.0 Å². The molecule has 0 spiro atoms. The van der Waals surface area contributed by atoms with Crippen LogP contribution < -0.4 is 5.69 Å². The second-order valence-corrected chi connectivity index (χ2v) is 8.56. The van der Waals surface area contributed by atoms with Gasteiger partial charge in [-0.25, -0.2) is 18.3 Å². The molecule has 3 aliphatic rings. The smallest absolute Gasteiger partial charge is 0.338 e. The summed E-state index contributed by atoms with van der Waals surface area (Å²) < 4.78 is 70.7. The van der Waals surface area contributed by atoms with E-state index in [2.05, 4.69) is 10.1 Å². The van der Waals surface area contributed by atoms with Crippen LogP contribution in [0.25, 0.3) is 0 Å². The van der Waals surface area contributed by atoms with Crippen molar-refractivity contribution in [2.45, 2.75) is 49.9 Å². The van der Waals surface area contributed by atoms with Gasteiger partial charge in [-0.05, 0) is 18.9 Å². The fourth-order valence-electron chi connectivity index (χ4n) is 4.25. The maximum absolute atomic E-state index is 15.1. The third kappa shape index (κ3) is 4.26. The molecule has 0 aliphatic carbocycles. The quantitative estimate of drug-likeness (QED) is 0.640. The van der Waals surface area contributed by atoms with Crippen LogP contribution >= 0.6 is 11.6 Å². The lowest BCUT2D eigenvalue weighted by Gasteiger charge is -2.32. The van der Waals surface area contributed by atoms with Crippen molar-refractivity contribution in [1.82, 2.24) is 19.2 Å². The zero-order chi connectivity index (χ0) is 22.6. The molecule has 1 amide bonds. The standard InChI is InChI=1S/C18H19ClF5N5O2/c19-11-5-17(21,8-25-6-11)9-28-16(31)29-13(15(30)27-2-1-12(20)7-27)3-10(18(22,23)24)4-14(29)26-28/h5-6,10,12-13H,1-4,7-9H2/t10?,12-,13?,17?/m0/s1. The van der Waals surface area contributed by atoms with E-state index in [1.807, 2.05) is 0 Å². The van der Waals surface area contributed by atoms with Gasteiger partial charge < -0.3 is 4.90 Å². The number of nitrogens with zero attached hydrogens (tertiary/aromatic N) is 5. The van der Waals surface area contributed by atoms with Crippen molar-refractivity contribution < 1.29 is 26.7 Å². The van der Waals surface area contributed by atoms with Crippen molar-refractivity contribution in [3.8, 4) is 0 Å². The number of aliphatic imine (C=N–C) groups is 1. The second-order valence-electron chi connectivity index (χ2n) is 8.12. The van der Waals surface area contributed by atoms with Crippen LogP contribution in [0.2, 0.25) is 0 Å². The molecule has 4 heterocycles. The average Bonchev–Trinajstić information content (AvgIpc) is 3.23. The van der Waals surface area contributed by atoms with Crippen molar-refractivity contribution in [2.75, 3.05) is 19.6 Å². The third-order valence-corrected chi connectivity index (χ3v) is 5.96. The molecule has 0 saturated carbocycles. The van der Waals surface area contributed by atoms with E-state index in [-0.39, 0.29) is 36.9 Å². The molecule has 13 heteroatoms. The molecule has 0 N–H and O–H groups in total. The molecule has 31 heavy (non-hydrogen) atoms. The highest BCUT2D eigenvalue weighted by Gasteiger charge is 2.48. The largest absolute Gasteiger partial charge is 0.392 e. The monoisotopic (exact) mass is 467 g/mol. The maximum atomic E-state index is 15.1. The van der Waals surface area contributed by atoms with Gasteiger partial charge in [-0.15, -0.1) is 0 Å². The maximum Gasteiger partial charge on any atom is 0.392 e. The molecule has 1 aromatic heterocycles. The topological polar surface area (TPSA) is 72.5 Å². The Balaban J connectivity index is 1.70. The molecule has 1 fully saturated rings. The molecule has 4 rings (SSSR count). The lowest BCUT2D eigenvalue weighted by Crippen LogP contribution is -2.46. The summed E-state index contributed by atoms with van der Waals surface area (Å²) in [6.45, 7) is -1.14. The van der Waals surface area contributed by atoms with Gasteiger partial charge in [0.1, 0.15) is 18.0 Å². The predicted octanol–water partition coefficient (Wildman–Crippen LogP) is 2.20. The number of likely N-dealkylation sites (tertiary alicyclic amines) is 1. The Morgan fingerprint density at radius 3 is 2.71 bits per heavy atom. The minimum Gasteiger partial charge on any atom is -0.338 e. The number of aromatic nitrogens is 3. The Kier molecular flexibility index (Phi) is 5.47. The van der Waals surface area contributed by atoms with Crippen molar-refractivity contribution in [3.63, 3.8) is 0 Å². The molecule has 7 nitrogen and oxygen atoms in total. The Hall–Kier alpha value is -2.24. The van der Waals surface area contributed by atoms with Crippen LogP contribution in [0.5, 0.6) is 0 Å². The van der Waals surface area contributed by atoms with E-state index in [0.29, 0.717) is 4.68 Å². The number of amides is 1. The number of carbonyl (C=O) groups is 1. The number of rotatable bonds is 3. The molecular formula is C18H19ClF5N5O2. The summed E-state index contributed by atoms with van der Waals surface area (Å²) in [7, 11) is 0. The minimum absolute atomic E-state index is 0.0192. The van der Waals surface area contributed by atoms with Gasteiger partial charge in [0, 0.05) is 19.2 Å². The van der Waals surface area contributed by atoms with Crippen LogP contribution in [0, 0.1) is 5.92 Å². The van der Waals surface area contributed by atoms with E-state index < -0.39 is 61.0 Å². The summed E-state index contributed by atoms with van der Waals surface area (Å²) >= 11 is 5.78. The molecule has 4 atom stereocenters. The number of carbonyl (C=O) groups excluding carboxylic acids is 1. The van der Waals surface area contributed by atoms with Crippen LogP contribution in [-0.4, -0.2) is 69.0 Å². The number of hydrogen-bond donors (Lipinski definition) is 0. The van der Waals surface area contributed by atoms with Crippen LogP contribution in [0.3, 0.4) is 0 Å². The number of halogens is 6. The molecule has 3 unspecified atom stereocenters. The summed E-state index contributed by atoms with van der Waals surface area (Å²) in [4.78, 5) is 30.7. The first-order valence-electron chi connectivity index (χ1n) is 9.72. The van der Waals surface area contributed by atoms with E-state index >= 15 is 4.39 Å². The number of alkyl halides is 5. The van der Waals surface area contributed by atoms with Crippen LogP contribution in [0.1, 0.15) is 24.7 Å². The summed E-state index contributed by atoms with van der Waals surface area (Å²) in [6.07, 6.45) is -4.77. The summed E-state index contributed by atoms with van der Waals surface area (Å²) in [5.74, 6) is -2.93. The SMILES string of the molecule is O=C(C1CC(C(F)(F)F)Cc2nn(CC3(F)C=C(Cl)C=NC3)c(=O)n21)N1CC[C@H](F)C1. The Morgan fingerprint density at radius 2 is 2.10 bits per heavy atom. The van der Waals surface area contributed by atoms with Crippen molar-refractivity contribution in [1.29, 1.82) is 0 Å². The van der Waals surface area contributed by atoms with Gasteiger partial charge in [-0.3, -0.25) is 14.4 Å². The zero-order valence-electron chi connectivity index (χ0n) is 16.2. The fraction of sp³-hybridized carbons (Fsp3) is 0.667. The third-order valence-electron chi connectivity index (χ3n) is 5.76. The lowest BCUT2D eigenvalue weighted by atomic mass is 9.91. The summed E-state index contributed by atoms with van der Waals surface area (Å²) in [5, 5.41) is 3.93. The van der Waals surface area contributed by atoms with E-state index in [1.165, 1.54) is 6.21 Å². The molecule has 0 aromatic carbocycles. The summed E-state index contributed by atoms with van der Waals surface area (Å²) in [5.41, 5.74) is -3.06. The molecule has 0 radical (unpaired) electrons. The highest BCUT2D eigenvalue weighted by molar-refractivity contribution is 6.39. The van der Waals surface area contributed by atoms with Gasteiger partial charge >= 0.3 is 11.9 Å². The Labute approximate surface area is 178 Å². The molecule has 3 aliphatic heterocycles. The highest BCUT2D eigenvalue weighted by atomic mass is 35.5. The highest BCUT2D eigenvalue weighted by Crippen LogP contribution is 2.39. The Bertz CT molecular complexity index is 1000. The Morgan fingerprint density at radius 1 is 1.35 bits per heavy atom. The zero-order valence-corrected chi connectivity index (χ0v) is 16.9. The van der Waals surface area contributed by atoms with E-state index in [4.69, 9.17) is 11.6 Å². The van der Waals surface area contributed by atoms with E-state index in [9.17, 15) is 27.2 Å². The van der Waals surface area contributed by atoms with Crippen molar-refractivity contribution >= 4 is 23.7 Å². The van der Waals surface area contributed by atoms with Crippen molar-refractivity contribution in [2.24, 2.45) is 10.9 Å². The molecule has 170 valence electrons. The number of allylic oxidation sites excluding steroid dienone is 1. The number of dihydropyridines is 1.